The number of hydrogen-bond acceptors (Lipinski definition) is 4. The van der Waals surface area contributed by atoms with E-state index in [9.17, 15) is 14.0 Å². The van der Waals surface area contributed by atoms with Crippen LogP contribution in [0.3, 0.4) is 0 Å². The van der Waals surface area contributed by atoms with E-state index in [0.29, 0.717) is 6.54 Å². The van der Waals surface area contributed by atoms with Gasteiger partial charge in [0, 0.05) is 13.1 Å². The summed E-state index contributed by atoms with van der Waals surface area (Å²) in [4.78, 5) is 27.8. The number of halogens is 1. The molecule has 0 heterocycles. The second kappa shape index (κ2) is 10.8. The third-order valence-corrected chi connectivity index (χ3v) is 4.00. The quantitative estimate of drug-likeness (QED) is 0.615. The lowest BCUT2D eigenvalue weighted by atomic mass is 10.1. The molecule has 0 atom stereocenters. The fourth-order valence-corrected chi connectivity index (χ4v) is 2.47. The largest absolute Gasteiger partial charge is 0.469 e. The van der Waals surface area contributed by atoms with E-state index in [1.807, 2.05) is 0 Å². The van der Waals surface area contributed by atoms with Crippen molar-refractivity contribution < 1.29 is 18.7 Å². The number of carbonyl (C=O) groups is 2. The number of hydrogen-bond donors (Lipinski definition) is 0. The molecule has 6 heteroatoms. The summed E-state index contributed by atoms with van der Waals surface area (Å²) in [6.45, 7) is 7.61. The van der Waals surface area contributed by atoms with Crippen LogP contribution < -0.4 is 0 Å². The number of rotatable bonds is 10. The number of esters is 1. The smallest absolute Gasteiger partial charge is 0.307 e. The van der Waals surface area contributed by atoms with Crippen molar-refractivity contribution in [1.29, 1.82) is 0 Å². The fraction of sp³-hybridized carbons (Fsp3) is 0.556. The lowest BCUT2D eigenvalue weighted by Gasteiger charge is -2.25. The Bertz CT molecular complexity index is 533. The zero-order valence-corrected chi connectivity index (χ0v) is 14.8. The summed E-state index contributed by atoms with van der Waals surface area (Å²) in [6, 6.07) is 5.91. The molecule has 1 aromatic rings. The van der Waals surface area contributed by atoms with E-state index < -0.39 is 11.7 Å². The summed E-state index contributed by atoms with van der Waals surface area (Å²) in [7, 11) is 1.31. The third kappa shape index (κ3) is 6.28. The minimum atomic E-state index is -0.547. The number of nitrogens with zero attached hydrogens (tertiary/aromatic N) is 2. The van der Waals surface area contributed by atoms with Gasteiger partial charge < -0.3 is 14.5 Å². The van der Waals surface area contributed by atoms with E-state index in [-0.39, 0.29) is 24.5 Å². The first-order valence-electron chi connectivity index (χ1n) is 8.36. The molecule has 0 saturated carbocycles. The number of ether oxygens (including phenoxy) is 1. The van der Waals surface area contributed by atoms with Gasteiger partial charge in [-0.15, -0.1) is 0 Å². The van der Waals surface area contributed by atoms with Crippen molar-refractivity contribution in [3.05, 3.63) is 35.6 Å². The highest BCUT2D eigenvalue weighted by Gasteiger charge is 2.20. The summed E-state index contributed by atoms with van der Waals surface area (Å²) in [6.07, 6.45) is 0.866. The Morgan fingerprint density at radius 1 is 1.08 bits per heavy atom. The first-order chi connectivity index (χ1) is 11.5. The first kappa shape index (κ1) is 20.1. The molecule has 0 saturated heterocycles. The van der Waals surface area contributed by atoms with Gasteiger partial charge >= 0.3 is 5.97 Å². The van der Waals surface area contributed by atoms with Crippen molar-refractivity contribution >= 4 is 11.9 Å². The molecule has 0 unspecified atom stereocenters. The Hall–Kier alpha value is -1.95. The van der Waals surface area contributed by atoms with Gasteiger partial charge in [0.2, 0.25) is 0 Å². The second-order valence-electron chi connectivity index (χ2n) is 5.48. The Balaban J connectivity index is 2.75. The topological polar surface area (TPSA) is 49.9 Å². The predicted molar refractivity (Wildman–Crippen MR) is 91.3 cm³/mol. The average molecular weight is 338 g/mol. The van der Waals surface area contributed by atoms with Crippen LogP contribution in [0.1, 0.15) is 37.0 Å². The molecule has 1 aromatic carbocycles. The highest BCUT2D eigenvalue weighted by Crippen LogP contribution is 2.11. The Morgan fingerprint density at radius 3 is 2.33 bits per heavy atom. The van der Waals surface area contributed by atoms with Crippen LogP contribution in [-0.4, -0.2) is 61.5 Å². The Labute approximate surface area is 143 Å². The van der Waals surface area contributed by atoms with Crippen molar-refractivity contribution in [1.82, 2.24) is 9.80 Å². The summed E-state index contributed by atoms with van der Waals surface area (Å²) in [5.74, 6) is -1.32. The zero-order chi connectivity index (χ0) is 17.9. The predicted octanol–water partition coefficient (Wildman–Crippen LogP) is 2.56. The Morgan fingerprint density at radius 2 is 1.75 bits per heavy atom. The molecule has 24 heavy (non-hydrogen) atoms. The maximum absolute atomic E-state index is 13.9. The molecule has 0 fully saturated rings. The van der Waals surface area contributed by atoms with E-state index >= 15 is 0 Å². The SMILES string of the molecule is CCN(CC)CCCN(CCC(=O)OC)C(=O)c1ccccc1F. The minimum absolute atomic E-state index is 0.0326. The molecule has 1 amide bonds. The lowest BCUT2D eigenvalue weighted by molar-refractivity contribution is -0.140. The van der Waals surface area contributed by atoms with Crippen LogP contribution in [0.25, 0.3) is 0 Å². The molecule has 0 aromatic heterocycles. The van der Waals surface area contributed by atoms with Gasteiger partial charge in [-0.05, 0) is 38.2 Å². The van der Waals surface area contributed by atoms with Crippen LogP contribution in [0, 0.1) is 5.82 Å². The van der Waals surface area contributed by atoms with E-state index in [4.69, 9.17) is 0 Å². The third-order valence-electron chi connectivity index (χ3n) is 4.00. The highest BCUT2D eigenvalue weighted by atomic mass is 19.1. The molecule has 1 rings (SSSR count). The number of amides is 1. The van der Waals surface area contributed by atoms with Crippen LogP contribution >= 0.6 is 0 Å². The van der Waals surface area contributed by atoms with Crippen LogP contribution in [0.5, 0.6) is 0 Å². The molecule has 0 N–H and O–H groups in total. The van der Waals surface area contributed by atoms with Crippen LogP contribution in [0.2, 0.25) is 0 Å². The van der Waals surface area contributed by atoms with Crippen molar-refractivity contribution in [3.8, 4) is 0 Å². The van der Waals surface area contributed by atoms with Gasteiger partial charge in [0.15, 0.2) is 0 Å². The van der Waals surface area contributed by atoms with Crippen molar-refractivity contribution in [2.24, 2.45) is 0 Å². The van der Waals surface area contributed by atoms with E-state index in [1.165, 1.54) is 24.1 Å². The van der Waals surface area contributed by atoms with Gasteiger partial charge in [0.1, 0.15) is 5.82 Å². The van der Waals surface area contributed by atoms with E-state index in [0.717, 1.165) is 26.1 Å². The Kier molecular flexibility index (Phi) is 9.01. The standard InChI is InChI=1S/C18H27FN2O3/c1-4-20(5-2)12-8-13-21(14-11-17(22)24-3)18(23)15-9-6-7-10-16(15)19/h6-7,9-10H,4-5,8,11-14H2,1-3H3. The van der Waals surface area contributed by atoms with Gasteiger partial charge in [-0.25, -0.2) is 4.39 Å². The minimum Gasteiger partial charge on any atom is -0.469 e. The summed E-state index contributed by atoms with van der Waals surface area (Å²) < 4.78 is 18.5. The molecular formula is C18H27FN2O3. The molecule has 0 bridgehead atoms. The first-order valence-corrected chi connectivity index (χ1v) is 8.36. The normalized spacial score (nSPS) is 10.7. The van der Waals surface area contributed by atoms with Crippen LogP contribution in [-0.2, 0) is 9.53 Å². The van der Waals surface area contributed by atoms with Gasteiger partial charge in [-0.2, -0.15) is 0 Å². The average Bonchev–Trinajstić information content (AvgIpc) is 2.60. The second-order valence-corrected chi connectivity index (χ2v) is 5.48. The number of methoxy groups -OCH3 is 1. The summed E-state index contributed by atoms with van der Waals surface area (Å²) >= 11 is 0. The van der Waals surface area contributed by atoms with Crippen LogP contribution in [0.15, 0.2) is 24.3 Å². The maximum atomic E-state index is 13.9. The summed E-state index contributed by atoms with van der Waals surface area (Å²) in [5, 5.41) is 0. The maximum Gasteiger partial charge on any atom is 0.307 e. The molecule has 0 aliphatic carbocycles. The molecule has 0 spiro atoms. The van der Waals surface area contributed by atoms with Crippen molar-refractivity contribution in [3.63, 3.8) is 0 Å². The van der Waals surface area contributed by atoms with Crippen LogP contribution in [0.4, 0.5) is 4.39 Å². The lowest BCUT2D eigenvalue weighted by Crippen LogP contribution is -2.36. The van der Waals surface area contributed by atoms with Gasteiger partial charge in [-0.1, -0.05) is 26.0 Å². The zero-order valence-electron chi connectivity index (χ0n) is 14.8. The highest BCUT2D eigenvalue weighted by molar-refractivity contribution is 5.94. The van der Waals surface area contributed by atoms with Gasteiger partial charge in [-0.3, -0.25) is 9.59 Å². The monoisotopic (exact) mass is 338 g/mol. The molecule has 0 aliphatic rings. The fourth-order valence-electron chi connectivity index (χ4n) is 2.47. The van der Waals surface area contributed by atoms with E-state index in [2.05, 4.69) is 23.5 Å². The molecule has 5 nitrogen and oxygen atoms in total. The molecule has 0 radical (unpaired) electrons. The van der Waals surface area contributed by atoms with Gasteiger partial charge in [0.05, 0.1) is 19.1 Å². The summed E-state index contributed by atoms with van der Waals surface area (Å²) in [5.41, 5.74) is 0.0326. The molecular weight excluding hydrogens is 311 g/mol. The number of benzene rings is 1. The number of carbonyl (C=O) groups excluding carboxylic acids is 2. The molecule has 134 valence electrons. The van der Waals surface area contributed by atoms with Crippen molar-refractivity contribution in [2.45, 2.75) is 26.7 Å². The van der Waals surface area contributed by atoms with Gasteiger partial charge in [0.25, 0.3) is 5.91 Å². The molecule has 0 aliphatic heterocycles. The van der Waals surface area contributed by atoms with E-state index in [1.54, 1.807) is 12.1 Å². The van der Waals surface area contributed by atoms with Crippen molar-refractivity contribution in [2.75, 3.05) is 39.8 Å².